The number of anilines is 1. The first-order chi connectivity index (χ1) is 9.85. The molecule has 0 heterocycles. The molecule has 0 bridgehead atoms. The lowest BCUT2D eigenvalue weighted by Crippen LogP contribution is -2.34. The van der Waals surface area contributed by atoms with E-state index in [0.717, 1.165) is 5.56 Å². The third-order valence-electron chi connectivity index (χ3n) is 2.95. The Morgan fingerprint density at radius 3 is 2.52 bits per heavy atom. The standard InChI is InChI=1S/C14H19N3O4/c1-9-4-5-11(10(8-9)13(19)20)16-14(21)17(3)7-6-12(18)15-2/h4-5,8H,6-7H2,1-3H3,(H,15,18)(H,16,21)(H,19,20). The fourth-order valence-electron chi connectivity index (χ4n) is 1.65. The summed E-state index contributed by atoms with van der Waals surface area (Å²) in [5.74, 6) is -1.28. The van der Waals surface area contributed by atoms with Crippen molar-refractivity contribution < 1.29 is 19.5 Å². The van der Waals surface area contributed by atoms with Crippen LogP contribution in [-0.4, -0.2) is 48.6 Å². The Morgan fingerprint density at radius 1 is 1.29 bits per heavy atom. The minimum Gasteiger partial charge on any atom is -0.478 e. The smallest absolute Gasteiger partial charge is 0.337 e. The average Bonchev–Trinajstić information content (AvgIpc) is 2.45. The number of hydrogen-bond acceptors (Lipinski definition) is 3. The van der Waals surface area contributed by atoms with Crippen LogP contribution in [0.5, 0.6) is 0 Å². The quantitative estimate of drug-likeness (QED) is 0.762. The second-order valence-electron chi connectivity index (χ2n) is 4.63. The van der Waals surface area contributed by atoms with Gasteiger partial charge in [-0.15, -0.1) is 0 Å². The van der Waals surface area contributed by atoms with Crippen molar-refractivity contribution in [2.45, 2.75) is 13.3 Å². The summed E-state index contributed by atoms with van der Waals surface area (Å²) in [6.07, 6.45) is 0.181. The Morgan fingerprint density at radius 2 is 1.95 bits per heavy atom. The van der Waals surface area contributed by atoms with Crippen molar-refractivity contribution in [2.75, 3.05) is 26.0 Å². The van der Waals surface area contributed by atoms with Crippen molar-refractivity contribution in [2.24, 2.45) is 0 Å². The number of benzene rings is 1. The van der Waals surface area contributed by atoms with Gasteiger partial charge in [-0.25, -0.2) is 9.59 Å². The zero-order valence-electron chi connectivity index (χ0n) is 12.3. The van der Waals surface area contributed by atoms with Gasteiger partial charge in [-0.2, -0.15) is 0 Å². The van der Waals surface area contributed by atoms with E-state index in [0.29, 0.717) is 0 Å². The first kappa shape index (κ1) is 16.5. The van der Waals surface area contributed by atoms with Gasteiger partial charge in [0.25, 0.3) is 0 Å². The Hall–Kier alpha value is -2.57. The molecule has 0 spiro atoms. The summed E-state index contributed by atoms with van der Waals surface area (Å²) in [6.45, 7) is 2.01. The Bertz CT molecular complexity index is 557. The van der Waals surface area contributed by atoms with Gasteiger partial charge in [-0.1, -0.05) is 11.6 Å². The van der Waals surface area contributed by atoms with Crippen LogP contribution in [-0.2, 0) is 4.79 Å². The van der Waals surface area contributed by atoms with Crippen LogP contribution in [0.3, 0.4) is 0 Å². The molecule has 3 amide bonds. The molecular formula is C14H19N3O4. The first-order valence-electron chi connectivity index (χ1n) is 6.41. The minimum atomic E-state index is -1.11. The van der Waals surface area contributed by atoms with E-state index >= 15 is 0 Å². The summed E-state index contributed by atoms with van der Waals surface area (Å²) in [5, 5.41) is 14.1. The fourth-order valence-corrected chi connectivity index (χ4v) is 1.65. The molecule has 114 valence electrons. The van der Waals surface area contributed by atoms with Crippen molar-refractivity contribution in [3.63, 3.8) is 0 Å². The normalized spacial score (nSPS) is 9.86. The maximum absolute atomic E-state index is 12.0. The van der Waals surface area contributed by atoms with E-state index in [4.69, 9.17) is 5.11 Å². The number of nitrogens with zero attached hydrogens (tertiary/aromatic N) is 1. The molecule has 7 nitrogen and oxygen atoms in total. The van der Waals surface area contributed by atoms with Gasteiger partial charge in [-0.3, -0.25) is 4.79 Å². The number of aromatic carboxylic acids is 1. The van der Waals surface area contributed by atoms with Crippen LogP contribution < -0.4 is 10.6 Å². The number of nitrogens with one attached hydrogen (secondary N) is 2. The molecule has 0 aliphatic heterocycles. The molecule has 0 aliphatic rings. The summed E-state index contributed by atoms with van der Waals surface area (Å²) >= 11 is 0. The van der Waals surface area contributed by atoms with Gasteiger partial charge in [-0.05, 0) is 19.1 Å². The second-order valence-corrected chi connectivity index (χ2v) is 4.63. The number of urea groups is 1. The highest BCUT2D eigenvalue weighted by Gasteiger charge is 2.15. The van der Waals surface area contributed by atoms with Crippen molar-refractivity contribution in [3.8, 4) is 0 Å². The molecule has 0 fully saturated rings. The van der Waals surface area contributed by atoms with Crippen LogP contribution in [0.15, 0.2) is 18.2 Å². The monoisotopic (exact) mass is 293 g/mol. The highest BCUT2D eigenvalue weighted by molar-refractivity contribution is 6.00. The largest absolute Gasteiger partial charge is 0.478 e. The first-order valence-corrected chi connectivity index (χ1v) is 6.41. The van der Waals surface area contributed by atoms with Crippen LogP contribution in [0.2, 0.25) is 0 Å². The maximum Gasteiger partial charge on any atom is 0.337 e. The van der Waals surface area contributed by atoms with Crippen LogP contribution in [0.4, 0.5) is 10.5 Å². The summed E-state index contributed by atoms with van der Waals surface area (Å²) in [6, 6.07) is 4.28. The van der Waals surface area contributed by atoms with E-state index in [1.54, 1.807) is 19.1 Å². The predicted octanol–water partition coefficient (Wildman–Crippen LogP) is 1.29. The summed E-state index contributed by atoms with van der Waals surface area (Å²) in [7, 11) is 3.06. The van der Waals surface area contributed by atoms with Crippen molar-refractivity contribution >= 4 is 23.6 Å². The number of amides is 3. The van der Waals surface area contributed by atoms with Gasteiger partial charge in [0.05, 0.1) is 11.3 Å². The zero-order valence-corrected chi connectivity index (χ0v) is 12.3. The van der Waals surface area contributed by atoms with Crippen LogP contribution in [0.1, 0.15) is 22.3 Å². The number of aryl methyl sites for hydroxylation is 1. The topological polar surface area (TPSA) is 98.7 Å². The van der Waals surface area contributed by atoms with Crippen LogP contribution >= 0.6 is 0 Å². The molecule has 0 atom stereocenters. The third kappa shape index (κ3) is 4.79. The molecule has 0 aliphatic carbocycles. The zero-order chi connectivity index (χ0) is 16.0. The van der Waals surface area contributed by atoms with Crippen molar-refractivity contribution in [1.29, 1.82) is 0 Å². The number of rotatable bonds is 5. The van der Waals surface area contributed by atoms with Crippen molar-refractivity contribution in [3.05, 3.63) is 29.3 Å². The van der Waals surface area contributed by atoms with E-state index in [1.165, 1.54) is 25.1 Å². The predicted molar refractivity (Wildman–Crippen MR) is 78.5 cm³/mol. The molecule has 3 N–H and O–H groups in total. The van der Waals surface area contributed by atoms with E-state index in [9.17, 15) is 14.4 Å². The maximum atomic E-state index is 12.0. The Labute approximate surface area is 122 Å². The van der Waals surface area contributed by atoms with Gasteiger partial charge >= 0.3 is 12.0 Å². The molecule has 7 heteroatoms. The Balaban J connectivity index is 2.74. The van der Waals surface area contributed by atoms with E-state index in [2.05, 4.69) is 10.6 Å². The highest BCUT2D eigenvalue weighted by Crippen LogP contribution is 2.17. The second kappa shape index (κ2) is 7.28. The molecule has 1 aromatic rings. The third-order valence-corrected chi connectivity index (χ3v) is 2.95. The lowest BCUT2D eigenvalue weighted by Gasteiger charge is -2.18. The number of carboxylic acids is 1. The number of carbonyl (C=O) groups excluding carboxylic acids is 2. The van der Waals surface area contributed by atoms with Gasteiger partial charge < -0.3 is 20.6 Å². The number of hydrogen-bond donors (Lipinski definition) is 3. The van der Waals surface area contributed by atoms with E-state index < -0.39 is 12.0 Å². The molecule has 1 aromatic carbocycles. The average molecular weight is 293 g/mol. The molecular weight excluding hydrogens is 274 g/mol. The summed E-state index contributed by atoms with van der Waals surface area (Å²) in [5.41, 5.74) is 1.05. The molecule has 0 radical (unpaired) electrons. The van der Waals surface area contributed by atoms with Crippen LogP contribution in [0.25, 0.3) is 0 Å². The summed E-state index contributed by atoms with van der Waals surface area (Å²) in [4.78, 5) is 35.6. The van der Waals surface area contributed by atoms with Gasteiger partial charge in [0, 0.05) is 27.1 Å². The van der Waals surface area contributed by atoms with E-state index in [1.807, 2.05) is 0 Å². The molecule has 1 rings (SSSR count). The van der Waals surface area contributed by atoms with Crippen LogP contribution in [0, 0.1) is 6.92 Å². The Kier molecular flexibility index (Phi) is 5.71. The molecule has 0 saturated carbocycles. The van der Waals surface area contributed by atoms with E-state index in [-0.39, 0.29) is 30.1 Å². The van der Waals surface area contributed by atoms with Crippen molar-refractivity contribution in [1.82, 2.24) is 10.2 Å². The van der Waals surface area contributed by atoms with Gasteiger partial charge in [0.15, 0.2) is 0 Å². The number of carboxylic acid groups (broad SMARTS) is 1. The molecule has 0 unspecified atom stereocenters. The van der Waals surface area contributed by atoms with Gasteiger partial charge in [0.2, 0.25) is 5.91 Å². The lowest BCUT2D eigenvalue weighted by molar-refractivity contribution is -0.120. The lowest BCUT2D eigenvalue weighted by atomic mass is 10.1. The fraction of sp³-hybridized carbons (Fsp3) is 0.357. The molecule has 0 aromatic heterocycles. The SMILES string of the molecule is CNC(=O)CCN(C)C(=O)Nc1ccc(C)cc1C(=O)O. The molecule has 21 heavy (non-hydrogen) atoms. The minimum absolute atomic E-state index is 0.0306. The summed E-state index contributed by atoms with van der Waals surface area (Å²) < 4.78 is 0. The van der Waals surface area contributed by atoms with Gasteiger partial charge in [0.1, 0.15) is 0 Å². The number of carbonyl (C=O) groups is 3. The molecule has 0 saturated heterocycles. The highest BCUT2D eigenvalue weighted by atomic mass is 16.4.